The topological polar surface area (TPSA) is 42.4 Å². The molecular formula is C9H13NO2. The van der Waals surface area contributed by atoms with Crippen LogP contribution in [0, 0.1) is 6.92 Å². The Morgan fingerprint density at radius 1 is 1.58 bits per heavy atom. The van der Waals surface area contributed by atoms with E-state index in [9.17, 15) is 0 Å². The summed E-state index contributed by atoms with van der Waals surface area (Å²) in [6.07, 6.45) is 2.40. The van der Waals surface area contributed by atoms with Crippen LogP contribution in [0.1, 0.15) is 11.1 Å². The molecule has 66 valence electrons. The van der Waals surface area contributed by atoms with Crippen molar-refractivity contribution >= 4 is 0 Å². The van der Waals surface area contributed by atoms with E-state index in [1.165, 1.54) is 0 Å². The molecule has 1 heterocycles. The van der Waals surface area contributed by atoms with Crippen LogP contribution >= 0.6 is 0 Å². The normalized spacial score (nSPS) is 9.92. The minimum absolute atomic E-state index is 0.162. The van der Waals surface area contributed by atoms with Crippen molar-refractivity contribution in [1.82, 2.24) is 4.98 Å². The number of aryl methyl sites for hydroxylation is 1. The predicted molar refractivity (Wildman–Crippen MR) is 46.3 cm³/mol. The Bertz CT molecular complexity index is 261. The number of hydrogen-bond acceptors (Lipinski definition) is 3. The molecule has 0 aliphatic rings. The van der Waals surface area contributed by atoms with Gasteiger partial charge in [0.05, 0.1) is 7.11 Å². The molecule has 0 saturated carbocycles. The molecule has 0 fully saturated rings. The van der Waals surface area contributed by atoms with Crippen LogP contribution in [0.25, 0.3) is 0 Å². The number of hydrogen-bond donors (Lipinski definition) is 1. The zero-order valence-electron chi connectivity index (χ0n) is 7.37. The van der Waals surface area contributed by atoms with Crippen LogP contribution in [0.5, 0.6) is 5.88 Å². The summed E-state index contributed by atoms with van der Waals surface area (Å²) in [4.78, 5) is 4.04. The Balaban J connectivity index is 2.87. The van der Waals surface area contributed by atoms with E-state index < -0.39 is 0 Å². The Morgan fingerprint density at radius 3 is 2.83 bits per heavy atom. The molecule has 0 aliphatic heterocycles. The number of rotatable bonds is 3. The van der Waals surface area contributed by atoms with Crippen molar-refractivity contribution in [2.75, 3.05) is 13.7 Å². The fourth-order valence-corrected chi connectivity index (χ4v) is 1.05. The van der Waals surface area contributed by atoms with Gasteiger partial charge in [0.1, 0.15) is 0 Å². The lowest BCUT2D eigenvalue weighted by Gasteiger charge is -2.04. The summed E-state index contributed by atoms with van der Waals surface area (Å²) in [7, 11) is 1.59. The van der Waals surface area contributed by atoms with Crippen LogP contribution in [-0.4, -0.2) is 23.8 Å². The van der Waals surface area contributed by atoms with Gasteiger partial charge in [-0.25, -0.2) is 4.98 Å². The molecule has 1 N–H and O–H groups in total. The molecule has 12 heavy (non-hydrogen) atoms. The zero-order chi connectivity index (χ0) is 8.97. The molecular weight excluding hydrogens is 154 g/mol. The minimum atomic E-state index is 0.162. The van der Waals surface area contributed by atoms with Crippen molar-refractivity contribution in [3.8, 4) is 5.88 Å². The summed E-state index contributed by atoms with van der Waals surface area (Å²) in [6.45, 7) is 2.14. The van der Waals surface area contributed by atoms with Gasteiger partial charge in [0.15, 0.2) is 0 Å². The van der Waals surface area contributed by atoms with Gasteiger partial charge in [-0.2, -0.15) is 0 Å². The van der Waals surface area contributed by atoms with Gasteiger partial charge in [-0.15, -0.1) is 0 Å². The summed E-state index contributed by atoms with van der Waals surface area (Å²) in [5, 5.41) is 8.71. The van der Waals surface area contributed by atoms with Crippen LogP contribution in [0.3, 0.4) is 0 Å². The van der Waals surface area contributed by atoms with E-state index in [-0.39, 0.29) is 6.61 Å². The summed E-state index contributed by atoms with van der Waals surface area (Å²) < 4.78 is 4.95. The quantitative estimate of drug-likeness (QED) is 0.728. The second kappa shape index (κ2) is 4.07. The smallest absolute Gasteiger partial charge is 0.213 e. The molecule has 0 saturated heterocycles. The molecule has 1 aromatic rings. The highest BCUT2D eigenvalue weighted by molar-refractivity contribution is 5.28. The van der Waals surface area contributed by atoms with Crippen molar-refractivity contribution in [3.05, 3.63) is 23.4 Å². The maximum atomic E-state index is 8.71. The van der Waals surface area contributed by atoms with Gasteiger partial charge in [-0.1, -0.05) is 0 Å². The first-order chi connectivity index (χ1) is 5.77. The molecule has 0 spiro atoms. The van der Waals surface area contributed by atoms with E-state index in [1.54, 1.807) is 13.3 Å². The van der Waals surface area contributed by atoms with Crippen molar-refractivity contribution in [2.24, 2.45) is 0 Å². The molecule has 0 unspecified atom stereocenters. The number of pyridine rings is 1. The highest BCUT2D eigenvalue weighted by Gasteiger charge is 1.99. The fourth-order valence-electron chi connectivity index (χ4n) is 1.05. The van der Waals surface area contributed by atoms with Crippen molar-refractivity contribution in [1.29, 1.82) is 0 Å². The third-order valence-corrected chi connectivity index (χ3v) is 1.78. The number of aromatic nitrogens is 1. The van der Waals surface area contributed by atoms with Gasteiger partial charge in [-0.05, 0) is 24.5 Å². The second-order valence-corrected chi connectivity index (χ2v) is 2.63. The predicted octanol–water partition coefficient (Wildman–Crippen LogP) is 0.933. The largest absolute Gasteiger partial charge is 0.481 e. The minimum Gasteiger partial charge on any atom is -0.481 e. The highest BCUT2D eigenvalue weighted by Crippen LogP contribution is 2.13. The molecule has 0 radical (unpaired) electrons. The standard InChI is InChI=1S/C9H13NO2/c1-7-5-9(12-2)10-6-8(7)3-4-11/h5-6,11H,3-4H2,1-2H3. The summed E-state index contributed by atoms with van der Waals surface area (Å²) in [5.41, 5.74) is 2.18. The van der Waals surface area contributed by atoms with Gasteiger partial charge < -0.3 is 9.84 Å². The average molecular weight is 167 g/mol. The lowest BCUT2D eigenvalue weighted by Crippen LogP contribution is -1.96. The van der Waals surface area contributed by atoms with Gasteiger partial charge in [0.25, 0.3) is 0 Å². The maximum Gasteiger partial charge on any atom is 0.213 e. The first-order valence-corrected chi connectivity index (χ1v) is 3.88. The first-order valence-electron chi connectivity index (χ1n) is 3.88. The van der Waals surface area contributed by atoms with Gasteiger partial charge >= 0.3 is 0 Å². The zero-order valence-corrected chi connectivity index (χ0v) is 7.37. The van der Waals surface area contributed by atoms with Crippen molar-refractivity contribution in [2.45, 2.75) is 13.3 Å². The molecule has 3 nitrogen and oxygen atoms in total. The molecule has 0 atom stereocenters. The van der Waals surface area contributed by atoms with E-state index >= 15 is 0 Å². The molecule has 0 bridgehead atoms. The molecule has 0 aromatic carbocycles. The van der Waals surface area contributed by atoms with E-state index in [1.807, 2.05) is 13.0 Å². The fraction of sp³-hybridized carbons (Fsp3) is 0.444. The molecule has 0 aliphatic carbocycles. The van der Waals surface area contributed by atoms with E-state index in [2.05, 4.69) is 4.98 Å². The monoisotopic (exact) mass is 167 g/mol. The summed E-state index contributed by atoms with van der Waals surface area (Å²) in [6, 6.07) is 1.87. The van der Waals surface area contributed by atoms with Gasteiger partial charge in [-0.3, -0.25) is 0 Å². The highest BCUT2D eigenvalue weighted by atomic mass is 16.5. The van der Waals surface area contributed by atoms with Gasteiger partial charge in [0.2, 0.25) is 5.88 Å². The van der Waals surface area contributed by atoms with Crippen LogP contribution < -0.4 is 4.74 Å². The van der Waals surface area contributed by atoms with Crippen LogP contribution in [0.2, 0.25) is 0 Å². The Hall–Kier alpha value is -1.09. The number of aliphatic hydroxyl groups is 1. The van der Waals surface area contributed by atoms with E-state index in [0.29, 0.717) is 12.3 Å². The lowest BCUT2D eigenvalue weighted by molar-refractivity contribution is 0.299. The first kappa shape index (κ1) is 9.00. The van der Waals surface area contributed by atoms with Crippen LogP contribution in [0.15, 0.2) is 12.3 Å². The third kappa shape index (κ3) is 1.95. The number of ether oxygens (including phenoxy) is 1. The summed E-state index contributed by atoms with van der Waals surface area (Å²) in [5.74, 6) is 0.620. The van der Waals surface area contributed by atoms with Crippen molar-refractivity contribution < 1.29 is 9.84 Å². The Morgan fingerprint density at radius 2 is 2.33 bits per heavy atom. The number of nitrogens with zero attached hydrogens (tertiary/aromatic N) is 1. The third-order valence-electron chi connectivity index (χ3n) is 1.78. The van der Waals surface area contributed by atoms with E-state index in [0.717, 1.165) is 11.1 Å². The SMILES string of the molecule is COc1cc(C)c(CCO)cn1. The lowest BCUT2D eigenvalue weighted by atomic mass is 10.1. The van der Waals surface area contributed by atoms with E-state index in [4.69, 9.17) is 9.84 Å². The van der Waals surface area contributed by atoms with Crippen molar-refractivity contribution in [3.63, 3.8) is 0 Å². The number of methoxy groups -OCH3 is 1. The van der Waals surface area contributed by atoms with Crippen LogP contribution in [-0.2, 0) is 6.42 Å². The molecule has 1 rings (SSSR count). The average Bonchev–Trinajstić information content (AvgIpc) is 2.09. The second-order valence-electron chi connectivity index (χ2n) is 2.63. The molecule has 1 aromatic heterocycles. The van der Waals surface area contributed by atoms with Gasteiger partial charge in [0, 0.05) is 18.9 Å². The Labute approximate surface area is 72.0 Å². The summed E-state index contributed by atoms with van der Waals surface area (Å²) >= 11 is 0. The van der Waals surface area contributed by atoms with Crippen LogP contribution in [0.4, 0.5) is 0 Å². The molecule has 3 heteroatoms. The number of aliphatic hydroxyl groups excluding tert-OH is 1. The Kier molecular flexibility index (Phi) is 3.05. The molecule has 0 amide bonds. The maximum absolute atomic E-state index is 8.71.